The molecule has 0 aromatic rings. The Morgan fingerprint density at radius 2 is 2.23 bits per heavy atom. The number of hydrogen-bond acceptors (Lipinski definition) is 2. The van der Waals surface area contributed by atoms with Crippen molar-refractivity contribution < 1.29 is 9.59 Å². The van der Waals surface area contributed by atoms with E-state index in [1.54, 1.807) is 0 Å². The third-order valence-electron chi connectivity index (χ3n) is 2.22. The Balaban J connectivity index is 3.02. The van der Waals surface area contributed by atoms with E-state index in [4.69, 9.17) is 0 Å². The number of ketones is 1. The molecule has 3 heteroatoms. The van der Waals surface area contributed by atoms with Crippen LogP contribution in [0.5, 0.6) is 0 Å². The lowest BCUT2D eigenvalue weighted by Gasteiger charge is -2.31. The minimum atomic E-state index is -0.202. The van der Waals surface area contributed by atoms with Crippen LogP contribution in [0.4, 0.5) is 0 Å². The largest absolute Gasteiger partial charge is 0.332 e. The van der Waals surface area contributed by atoms with E-state index in [0.717, 1.165) is 0 Å². The van der Waals surface area contributed by atoms with E-state index in [9.17, 15) is 9.59 Å². The molecule has 1 amide bonds. The van der Waals surface area contributed by atoms with Crippen LogP contribution in [0.3, 0.4) is 0 Å². The minimum Gasteiger partial charge on any atom is -0.332 e. The number of carbonyl (C=O) groups is 2. The maximum atomic E-state index is 11.2. The van der Waals surface area contributed by atoms with Crippen molar-refractivity contribution in [2.24, 2.45) is 5.41 Å². The van der Waals surface area contributed by atoms with Gasteiger partial charge >= 0.3 is 0 Å². The minimum absolute atomic E-state index is 0.0938. The van der Waals surface area contributed by atoms with Crippen molar-refractivity contribution in [3.63, 3.8) is 0 Å². The summed E-state index contributed by atoms with van der Waals surface area (Å²) >= 11 is 0. The first-order chi connectivity index (χ1) is 5.97. The number of rotatable bonds is 2. The molecule has 0 unspecified atom stereocenters. The fourth-order valence-corrected chi connectivity index (χ4v) is 1.44. The molecule has 0 aromatic carbocycles. The van der Waals surface area contributed by atoms with Crippen LogP contribution in [-0.4, -0.2) is 12.2 Å². The molecule has 70 valence electrons. The van der Waals surface area contributed by atoms with Gasteiger partial charge in [-0.15, -0.1) is 0 Å². The Morgan fingerprint density at radius 3 is 2.77 bits per heavy atom. The first-order valence-corrected chi connectivity index (χ1v) is 4.12. The normalized spacial score (nSPS) is 20.9. The lowest BCUT2D eigenvalue weighted by Crippen LogP contribution is -2.31. The Bertz CT molecular complexity index is 300. The van der Waals surface area contributed by atoms with Gasteiger partial charge in [-0.1, -0.05) is 20.4 Å². The van der Waals surface area contributed by atoms with Crippen molar-refractivity contribution in [2.45, 2.75) is 20.3 Å². The average molecular weight is 179 g/mol. The highest BCUT2D eigenvalue weighted by atomic mass is 16.1. The summed E-state index contributed by atoms with van der Waals surface area (Å²) in [6.45, 7) is 7.61. The zero-order valence-corrected chi connectivity index (χ0v) is 7.89. The molecule has 0 bridgehead atoms. The molecule has 1 N–H and O–H groups in total. The van der Waals surface area contributed by atoms with Crippen LogP contribution in [-0.2, 0) is 9.59 Å². The molecule has 0 saturated heterocycles. The number of carbonyl (C=O) groups excluding carboxylic acids is 2. The van der Waals surface area contributed by atoms with Crippen LogP contribution in [0.25, 0.3) is 0 Å². The highest BCUT2D eigenvalue weighted by Crippen LogP contribution is 2.35. The summed E-state index contributed by atoms with van der Waals surface area (Å²) in [5.74, 6) is -0.0938. The zero-order chi connectivity index (χ0) is 10.1. The summed E-state index contributed by atoms with van der Waals surface area (Å²) in [6.07, 6.45) is 2.63. The van der Waals surface area contributed by atoms with Crippen molar-refractivity contribution in [3.8, 4) is 0 Å². The summed E-state index contributed by atoms with van der Waals surface area (Å²) in [5.41, 5.74) is 1.06. The van der Waals surface area contributed by atoms with Crippen LogP contribution in [0, 0.1) is 5.41 Å². The summed E-state index contributed by atoms with van der Waals surface area (Å²) in [5, 5.41) is 2.54. The predicted octanol–water partition coefficient (Wildman–Crippen LogP) is 1.17. The van der Waals surface area contributed by atoms with Crippen molar-refractivity contribution >= 4 is 12.2 Å². The molecule has 0 atom stereocenters. The number of allylic oxidation sites excluding steroid dienone is 3. The fourth-order valence-electron chi connectivity index (χ4n) is 1.44. The van der Waals surface area contributed by atoms with Crippen molar-refractivity contribution in [1.29, 1.82) is 0 Å². The van der Waals surface area contributed by atoms with Crippen LogP contribution in [0.1, 0.15) is 20.3 Å². The molecular formula is C10H13NO2. The van der Waals surface area contributed by atoms with Crippen molar-refractivity contribution in [1.82, 2.24) is 5.32 Å². The summed E-state index contributed by atoms with van der Waals surface area (Å²) in [7, 11) is 0. The van der Waals surface area contributed by atoms with E-state index in [2.05, 4.69) is 11.9 Å². The van der Waals surface area contributed by atoms with Gasteiger partial charge in [0.2, 0.25) is 6.41 Å². The Hall–Kier alpha value is -1.38. The van der Waals surface area contributed by atoms with Gasteiger partial charge in [-0.2, -0.15) is 0 Å². The summed E-state index contributed by atoms with van der Waals surface area (Å²) in [6, 6.07) is 0. The maximum Gasteiger partial charge on any atom is 0.211 e. The van der Waals surface area contributed by atoms with Crippen LogP contribution in [0.2, 0.25) is 0 Å². The van der Waals surface area contributed by atoms with Gasteiger partial charge in [-0.05, 0) is 12.0 Å². The maximum absolute atomic E-state index is 11.2. The van der Waals surface area contributed by atoms with E-state index in [0.29, 0.717) is 24.1 Å². The number of nitrogens with one attached hydrogen (secondary N) is 1. The van der Waals surface area contributed by atoms with Gasteiger partial charge in [0.05, 0.1) is 0 Å². The van der Waals surface area contributed by atoms with Crippen LogP contribution < -0.4 is 5.32 Å². The van der Waals surface area contributed by atoms with E-state index in [1.165, 1.54) is 6.08 Å². The lowest BCUT2D eigenvalue weighted by molar-refractivity contribution is -0.112. The van der Waals surface area contributed by atoms with Crippen LogP contribution >= 0.6 is 0 Å². The monoisotopic (exact) mass is 179 g/mol. The quantitative estimate of drug-likeness (QED) is 0.511. The molecule has 13 heavy (non-hydrogen) atoms. The zero-order valence-electron chi connectivity index (χ0n) is 7.89. The molecule has 0 spiro atoms. The molecular weight excluding hydrogens is 166 g/mol. The third-order valence-corrected chi connectivity index (χ3v) is 2.22. The van der Waals surface area contributed by atoms with Crippen molar-refractivity contribution in [2.75, 3.05) is 0 Å². The first kappa shape index (κ1) is 9.71. The standard InChI is InChI=1S/C10H13NO2/c1-7-5-10(2,3)9(11-6-12)4-8(7)13/h4,6H,1,5H2,2-3H3,(H,11,12). The molecule has 1 rings (SSSR count). The van der Waals surface area contributed by atoms with Crippen LogP contribution in [0.15, 0.2) is 23.9 Å². The van der Waals surface area contributed by atoms with Gasteiger partial charge < -0.3 is 5.32 Å². The molecule has 0 heterocycles. The van der Waals surface area contributed by atoms with E-state index in [1.807, 2.05) is 13.8 Å². The number of hydrogen-bond donors (Lipinski definition) is 1. The second kappa shape index (κ2) is 3.17. The Kier molecular flexibility index (Phi) is 2.36. The molecule has 1 aliphatic carbocycles. The first-order valence-electron chi connectivity index (χ1n) is 4.12. The topological polar surface area (TPSA) is 46.2 Å². The Morgan fingerprint density at radius 1 is 1.62 bits per heavy atom. The van der Waals surface area contributed by atoms with Gasteiger partial charge in [0.25, 0.3) is 0 Å². The van der Waals surface area contributed by atoms with Gasteiger partial charge in [-0.25, -0.2) is 0 Å². The molecule has 0 aliphatic heterocycles. The predicted molar refractivity (Wildman–Crippen MR) is 49.8 cm³/mol. The molecule has 0 radical (unpaired) electrons. The summed E-state index contributed by atoms with van der Waals surface area (Å²) < 4.78 is 0. The lowest BCUT2D eigenvalue weighted by atomic mass is 9.77. The highest BCUT2D eigenvalue weighted by molar-refractivity contribution is 6.05. The van der Waals surface area contributed by atoms with Gasteiger partial charge in [-0.3, -0.25) is 9.59 Å². The van der Waals surface area contributed by atoms with Gasteiger partial charge in [0.15, 0.2) is 5.78 Å². The molecule has 0 fully saturated rings. The van der Waals surface area contributed by atoms with Gasteiger partial charge in [0.1, 0.15) is 0 Å². The molecule has 0 saturated carbocycles. The smallest absolute Gasteiger partial charge is 0.211 e. The van der Waals surface area contributed by atoms with E-state index in [-0.39, 0.29) is 11.2 Å². The average Bonchev–Trinajstić information content (AvgIpc) is 2.00. The third kappa shape index (κ3) is 1.86. The van der Waals surface area contributed by atoms with Crippen molar-refractivity contribution in [3.05, 3.63) is 23.9 Å². The van der Waals surface area contributed by atoms with E-state index < -0.39 is 0 Å². The van der Waals surface area contributed by atoms with E-state index >= 15 is 0 Å². The summed E-state index contributed by atoms with van der Waals surface area (Å²) in [4.78, 5) is 21.5. The fraction of sp³-hybridized carbons (Fsp3) is 0.400. The SMILES string of the molecule is C=C1CC(C)(C)C(NC=O)=CC1=O. The Labute approximate surface area is 77.5 Å². The molecule has 1 aliphatic rings. The highest BCUT2D eigenvalue weighted by Gasteiger charge is 2.30. The second-order valence-electron chi connectivity index (χ2n) is 3.85. The van der Waals surface area contributed by atoms with Gasteiger partial charge in [0, 0.05) is 17.2 Å². The molecule has 0 aromatic heterocycles. The second-order valence-corrected chi connectivity index (χ2v) is 3.85. The number of amides is 1. The molecule has 3 nitrogen and oxygen atoms in total.